The zero-order valence-corrected chi connectivity index (χ0v) is 9.61. The Morgan fingerprint density at radius 3 is 2.33 bits per heavy atom. The topological polar surface area (TPSA) is 110 Å². The van der Waals surface area contributed by atoms with Gasteiger partial charge in [0.05, 0.1) is 26.4 Å². The van der Waals surface area contributed by atoms with E-state index in [1.54, 1.807) is 0 Å². The van der Waals surface area contributed by atoms with Crippen molar-refractivity contribution in [3.8, 4) is 11.8 Å². The van der Waals surface area contributed by atoms with Crippen LogP contribution in [0.15, 0.2) is 12.1 Å². The fourth-order valence-corrected chi connectivity index (χ4v) is 1.06. The fourth-order valence-electron chi connectivity index (χ4n) is 1.06. The van der Waals surface area contributed by atoms with Crippen molar-refractivity contribution in [2.45, 2.75) is 0 Å². The van der Waals surface area contributed by atoms with E-state index in [-0.39, 0.29) is 33.0 Å². The quantitative estimate of drug-likeness (QED) is 0.508. The third kappa shape index (κ3) is 4.62. The second-order valence-electron chi connectivity index (χ2n) is 3.20. The minimum absolute atomic E-state index is 0.0752. The lowest BCUT2D eigenvalue weighted by Gasteiger charge is -2.07. The van der Waals surface area contributed by atoms with Gasteiger partial charge in [0.15, 0.2) is 0 Å². The lowest BCUT2D eigenvalue weighted by Crippen LogP contribution is -2.24. The molecule has 18 heavy (non-hydrogen) atoms. The van der Waals surface area contributed by atoms with Crippen LogP contribution in [0.25, 0.3) is 0 Å². The molecule has 3 N–H and O–H groups in total. The number of carbonyl (C=O) groups is 1. The second kappa shape index (κ2) is 7.54. The van der Waals surface area contributed by atoms with E-state index >= 15 is 0 Å². The Hall–Kier alpha value is -1.77. The molecule has 0 saturated carbocycles. The molecule has 0 unspecified atom stereocenters. The van der Waals surface area contributed by atoms with Crippen molar-refractivity contribution in [3.63, 3.8) is 0 Å². The number of hydrogen-bond acceptors (Lipinski definition) is 7. The SMILES string of the molecule is O=C(COCCOCCO)On1c(O)ccc1O. The molecule has 1 aromatic heterocycles. The van der Waals surface area contributed by atoms with E-state index in [9.17, 15) is 15.0 Å². The summed E-state index contributed by atoms with van der Waals surface area (Å²) in [7, 11) is 0. The molecule has 1 heterocycles. The standard InChI is InChI=1S/C10H15NO7/c12-3-4-16-5-6-17-7-10(15)18-11-8(13)1-2-9(11)14/h1-2,12-14H,3-7H2. The van der Waals surface area contributed by atoms with Gasteiger partial charge in [-0.1, -0.05) is 0 Å². The molecule has 1 aromatic rings. The zero-order chi connectivity index (χ0) is 13.4. The number of hydrogen-bond donors (Lipinski definition) is 3. The summed E-state index contributed by atoms with van der Waals surface area (Å²) in [6.45, 7) is 0.194. The molecular formula is C10H15NO7. The van der Waals surface area contributed by atoms with E-state index in [0.29, 0.717) is 4.73 Å². The highest BCUT2D eigenvalue weighted by Crippen LogP contribution is 2.18. The van der Waals surface area contributed by atoms with Crippen LogP contribution in [0.2, 0.25) is 0 Å². The van der Waals surface area contributed by atoms with E-state index in [2.05, 4.69) is 4.84 Å². The summed E-state index contributed by atoms with van der Waals surface area (Å²) < 4.78 is 10.4. The highest BCUT2D eigenvalue weighted by atomic mass is 16.7. The molecule has 8 nitrogen and oxygen atoms in total. The van der Waals surface area contributed by atoms with Crippen LogP contribution in [0.1, 0.15) is 0 Å². The molecule has 0 atom stereocenters. The van der Waals surface area contributed by atoms with Gasteiger partial charge in [0.25, 0.3) is 0 Å². The molecule has 0 amide bonds. The first-order valence-corrected chi connectivity index (χ1v) is 5.22. The molecule has 0 aliphatic carbocycles. The van der Waals surface area contributed by atoms with Gasteiger partial charge in [-0.25, -0.2) is 4.79 Å². The van der Waals surface area contributed by atoms with E-state index in [1.165, 1.54) is 12.1 Å². The monoisotopic (exact) mass is 261 g/mol. The molecule has 8 heteroatoms. The molecule has 0 radical (unpaired) electrons. The number of carbonyl (C=O) groups excluding carboxylic acids is 1. The van der Waals surface area contributed by atoms with E-state index in [4.69, 9.17) is 14.6 Å². The van der Waals surface area contributed by atoms with E-state index < -0.39 is 17.7 Å². The first-order chi connectivity index (χ1) is 8.65. The molecule has 0 aliphatic heterocycles. The van der Waals surface area contributed by atoms with Crippen LogP contribution in [-0.4, -0.2) is 59.1 Å². The Kier molecular flexibility index (Phi) is 5.98. The molecular weight excluding hydrogens is 246 g/mol. The smallest absolute Gasteiger partial charge is 0.358 e. The predicted octanol–water partition coefficient (Wildman–Crippen LogP) is -1.12. The average Bonchev–Trinajstić information content (AvgIpc) is 2.65. The number of ether oxygens (including phenoxy) is 2. The summed E-state index contributed by atoms with van der Waals surface area (Å²) in [5, 5.41) is 26.8. The number of aliphatic hydroxyl groups is 1. The highest BCUT2D eigenvalue weighted by molar-refractivity contribution is 5.71. The minimum Gasteiger partial charge on any atom is -0.492 e. The highest BCUT2D eigenvalue weighted by Gasteiger charge is 2.11. The van der Waals surface area contributed by atoms with Gasteiger partial charge in [0, 0.05) is 12.1 Å². The van der Waals surface area contributed by atoms with Crippen molar-refractivity contribution < 1.29 is 34.4 Å². The van der Waals surface area contributed by atoms with Crippen molar-refractivity contribution in [2.24, 2.45) is 0 Å². The van der Waals surface area contributed by atoms with Gasteiger partial charge in [-0.3, -0.25) is 0 Å². The largest absolute Gasteiger partial charge is 0.492 e. The van der Waals surface area contributed by atoms with Crippen LogP contribution in [0.3, 0.4) is 0 Å². The number of aliphatic hydroxyl groups excluding tert-OH is 1. The van der Waals surface area contributed by atoms with Gasteiger partial charge in [0.2, 0.25) is 11.8 Å². The normalized spacial score (nSPS) is 10.5. The third-order valence-electron chi connectivity index (χ3n) is 1.82. The fraction of sp³-hybridized carbons (Fsp3) is 0.500. The van der Waals surface area contributed by atoms with Crippen LogP contribution in [0, 0.1) is 0 Å². The molecule has 0 fully saturated rings. The molecule has 0 saturated heterocycles. The van der Waals surface area contributed by atoms with Gasteiger partial charge >= 0.3 is 5.97 Å². The van der Waals surface area contributed by atoms with Gasteiger partial charge in [-0.15, -0.1) is 4.73 Å². The summed E-state index contributed by atoms with van der Waals surface area (Å²) in [4.78, 5) is 15.8. The molecule has 0 aliphatic rings. The van der Waals surface area contributed by atoms with Crippen molar-refractivity contribution in [2.75, 3.05) is 33.0 Å². The van der Waals surface area contributed by atoms with Crippen LogP contribution < -0.4 is 4.84 Å². The van der Waals surface area contributed by atoms with Crippen LogP contribution in [0.4, 0.5) is 0 Å². The Morgan fingerprint density at radius 1 is 1.11 bits per heavy atom. The molecule has 102 valence electrons. The van der Waals surface area contributed by atoms with Crippen molar-refractivity contribution in [1.29, 1.82) is 0 Å². The molecule has 1 rings (SSSR count). The van der Waals surface area contributed by atoms with Gasteiger partial charge in [-0.05, 0) is 0 Å². The van der Waals surface area contributed by atoms with Crippen molar-refractivity contribution in [1.82, 2.24) is 4.73 Å². The third-order valence-corrected chi connectivity index (χ3v) is 1.82. The summed E-state index contributed by atoms with van der Waals surface area (Å²) in [6.07, 6.45) is 0. The number of rotatable bonds is 8. The number of aromatic hydroxyl groups is 2. The predicted molar refractivity (Wildman–Crippen MR) is 58.1 cm³/mol. The van der Waals surface area contributed by atoms with E-state index in [1.807, 2.05) is 0 Å². The minimum atomic E-state index is -0.779. The van der Waals surface area contributed by atoms with Crippen LogP contribution >= 0.6 is 0 Å². The van der Waals surface area contributed by atoms with Gasteiger partial charge < -0.3 is 29.6 Å². The van der Waals surface area contributed by atoms with E-state index in [0.717, 1.165) is 0 Å². The first kappa shape index (κ1) is 14.3. The summed E-state index contributed by atoms with van der Waals surface area (Å²) in [5.74, 6) is -1.57. The molecule has 0 bridgehead atoms. The summed E-state index contributed by atoms with van der Waals surface area (Å²) in [6, 6.07) is 2.35. The Morgan fingerprint density at radius 2 is 1.72 bits per heavy atom. The maximum absolute atomic E-state index is 11.2. The summed E-state index contributed by atoms with van der Waals surface area (Å²) in [5.41, 5.74) is 0. The zero-order valence-electron chi connectivity index (χ0n) is 9.61. The van der Waals surface area contributed by atoms with Crippen LogP contribution in [0.5, 0.6) is 11.8 Å². The maximum atomic E-state index is 11.2. The Balaban J connectivity index is 2.18. The molecule has 0 aromatic carbocycles. The first-order valence-electron chi connectivity index (χ1n) is 5.22. The number of nitrogens with zero attached hydrogens (tertiary/aromatic N) is 1. The lowest BCUT2D eigenvalue weighted by atomic mass is 10.6. The van der Waals surface area contributed by atoms with Crippen molar-refractivity contribution in [3.05, 3.63) is 12.1 Å². The number of aromatic nitrogens is 1. The van der Waals surface area contributed by atoms with Gasteiger partial charge in [-0.2, -0.15) is 0 Å². The van der Waals surface area contributed by atoms with Crippen molar-refractivity contribution >= 4 is 5.97 Å². The van der Waals surface area contributed by atoms with Crippen LogP contribution in [-0.2, 0) is 14.3 Å². The molecule has 0 spiro atoms. The summed E-state index contributed by atoms with van der Waals surface area (Å²) >= 11 is 0. The average molecular weight is 261 g/mol. The second-order valence-corrected chi connectivity index (χ2v) is 3.20. The maximum Gasteiger partial charge on any atom is 0.358 e. The lowest BCUT2D eigenvalue weighted by molar-refractivity contribution is -0.151. The van der Waals surface area contributed by atoms with Gasteiger partial charge in [0.1, 0.15) is 6.61 Å². The Labute approximate surface area is 103 Å². The Bertz CT molecular complexity index is 357.